The zero-order valence-electron chi connectivity index (χ0n) is 18.6. The van der Waals surface area contributed by atoms with Gasteiger partial charge in [-0.25, -0.2) is 10.1 Å². The summed E-state index contributed by atoms with van der Waals surface area (Å²) in [6.07, 6.45) is 4.45. The molecule has 1 atom stereocenters. The lowest BCUT2D eigenvalue weighted by atomic mass is 10.1. The molecule has 2 aromatic carbocycles. The van der Waals surface area contributed by atoms with Crippen molar-refractivity contribution in [2.75, 3.05) is 24.6 Å². The van der Waals surface area contributed by atoms with Crippen LogP contribution in [0, 0.1) is 6.92 Å². The first-order valence-electron chi connectivity index (χ1n) is 11.3. The van der Waals surface area contributed by atoms with E-state index in [1.165, 1.54) is 6.42 Å². The largest absolute Gasteiger partial charge is 0.485 e. The first-order valence-corrected chi connectivity index (χ1v) is 11.3. The lowest BCUT2D eigenvalue weighted by Gasteiger charge is -2.29. The smallest absolute Gasteiger partial charge is 0.284 e. The average molecular weight is 446 g/mol. The van der Waals surface area contributed by atoms with E-state index in [4.69, 9.17) is 14.6 Å². The van der Waals surface area contributed by atoms with E-state index in [1.54, 1.807) is 12.3 Å². The Morgan fingerprint density at radius 3 is 2.58 bits per heavy atom. The topological polar surface area (TPSA) is 81.0 Å². The molecule has 3 heterocycles. The fourth-order valence-corrected chi connectivity index (χ4v) is 4.22. The number of aryl methyl sites for hydroxylation is 1. The van der Waals surface area contributed by atoms with Gasteiger partial charge in [0.1, 0.15) is 12.4 Å². The quantitative estimate of drug-likeness (QED) is 0.481. The van der Waals surface area contributed by atoms with E-state index >= 15 is 0 Å². The molecule has 1 N–H and O–H groups in total. The number of hydrogen-bond acceptors (Lipinski definition) is 6. The van der Waals surface area contributed by atoms with E-state index in [0.29, 0.717) is 11.5 Å². The highest BCUT2D eigenvalue weighted by Gasteiger charge is 2.27. The number of aromatic nitrogens is 2. The van der Waals surface area contributed by atoms with Crippen molar-refractivity contribution in [3.05, 3.63) is 65.9 Å². The first kappa shape index (κ1) is 21.1. The molecule has 1 amide bonds. The van der Waals surface area contributed by atoms with E-state index in [2.05, 4.69) is 15.4 Å². The van der Waals surface area contributed by atoms with E-state index in [9.17, 15) is 4.79 Å². The Morgan fingerprint density at radius 1 is 1.06 bits per heavy atom. The van der Waals surface area contributed by atoms with Crippen molar-refractivity contribution in [1.82, 2.24) is 15.2 Å². The Morgan fingerprint density at radius 2 is 1.79 bits per heavy atom. The van der Waals surface area contributed by atoms with Crippen LogP contribution in [-0.2, 0) is 4.79 Å². The molecule has 1 unspecified atom stereocenters. The minimum atomic E-state index is -0.758. The summed E-state index contributed by atoms with van der Waals surface area (Å²) in [5, 5.41) is 9.05. The molecule has 8 heteroatoms. The van der Waals surface area contributed by atoms with Gasteiger partial charge in [0.05, 0.1) is 23.2 Å². The summed E-state index contributed by atoms with van der Waals surface area (Å²) in [7, 11) is 0. The molecule has 2 aliphatic rings. The lowest BCUT2D eigenvalue weighted by Crippen LogP contribution is -2.42. The molecule has 3 aromatic rings. The molecule has 2 aliphatic heterocycles. The normalized spacial score (nSPS) is 17.8. The number of carbonyl (C=O) groups is 1. The highest BCUT2D eigenvalue weighted by molar-refractivity contribution is 5.90. The van der Waals surface area contributed by atoms with Gasteiger partial charge in [0.15, 0.2) is 11.5 Å². The molecule has 0 bridgehead atoms. The standard InChI is InChI=1S/C25H27N5O3/c1-18-20(16-26-27-24(31)23-17-32-21-12-6-7-13-22(21)33-23)25(29-14-8-3-9-15-29)30(28-18)19-10-4-2-5-11-19/h2,4-7,10-13,16,23H,3,8-9,14-15,17H2,1H3,(H,27,31)/b26-16+. The Hall–Kier alpha value is -3.81. The number of para-hydroxylation sites is 3. The number of benzene rings is 2. The summed E-state index contributed by atoms with van der Waals surface area (Å²) in [6.45, 7) is 4.04. The monoisotopic (exact) mass is 445 g/mol. The van der Waals surface area contributed by atoms with Crippen molar-refractivity contribution >= 4 is 17.9 Å². The second-order valence-corrected chi connectivity index (χ2v) is 8.22. The molecule has 170 valence electrons. The van der Waals surface area contributed by atoms with Crippen molar-refractivity contribution in [1.29, 1.82) is 0 Å². The molecule has 5 rings (SSSR count). The van der Waals surface area contributed by atoms with Crippen molar-refractivity contribution < 1.29 is 14.3 Å². The summed E-state index contributed by atoms with van der Waals surface area (Å²) in [4.78, 5) is 15.0. The SMILES string of the molecule is Cc1nn(-c2ccccc2)c(N2CCCCC2)c1/C=N/NC(=O)C1COc2ccccc2O1. The molecule has 0 aliphatic carbocycles. The Balaban J connectivity index is 1.36. The van der Waals surface area contributed by atoms with E-state index < -0.39 is 6.10 Å². The number of piperidine rings is 1. The number of anilines is 1. The number of carbonyl (C=O) groups excluding carboxylic acids is 1. The number of hydrogen-bond donors (Lipinski definition) is 1. The van der Waals surface area contributed by atoms with Gasteiger partial charge in [0, 0.05) is 13.1 Å². The highest BCUT2D eigenvalue weighted by atomic mass is 16.6. The zero-order chi connectivity index (χ0) is 22.6. The molecular formula is C25H27N5O3. The Labute approximate surface area is 192 Å². The first-order chi connectivity index (χ1) is 16.2. The van der Waals surface area contributed by atoms with Gasteiger partial charge >= 0.3 is 0 Å². The molecule has 0 radical (unpaired) electrons. The second-order valence-electron chi connectivity index (χ2n) is 8.22. The predicted octanol–water partition coefficient (Wildman–Crippen LogP) is 3.46. The fourth-order valence-electron chi connectivity index (χ4n) is 4.22. The number of nitrogens with one attached hydrogen (secondary N) is 1. The van der Waals surface area contributed by atoms with Crippen LogP contribution in [0.15, 0.2) is 59.7 Å². The van der Waals surface area contributed by atoms with E-state index in [1.807, 2.05) is 60.1 Å². The summed E-state index contributed by atoms with van der Waals surface area (Å²) in [5.74, 6) is 1.84. The van der Waals surface area contributed by atoms with Gasteiger partial charge in [-0.2, -0.15) is 10.2 Å². The van der Waals surface area contributed by atoms with Crippen molar-refractivity contribution in [2.45, 2.75) is 32.3 Å². The number of nitrogens with zero attached hydrogens (tertiary/aromatic N) is 4. The molecule has 1 fully saturated rings. The van der Waals surface area contributed by atoms with Crippen LogP contribution < -0.4 is 19.8 Å². The van der Waals surface area contributed by atoms with Gasteiger partial charge in [-0.05, 0) is 50.5 Å². The summed E-state index contributed by atoms with van der Waals surface area (Å²) < 4.78 is 13.4. The lowest BCUT2D eigenvalue weighted by molar-refractivity contribution is -0.130. The van der Waals surface area contributed by atoms with Gasteiger partial charge in [-0.15, -0.1) is 0 Å². The number of ether oxygens (including phenoxy) is 2. The maximum absolute atomic E-state index is 12.6. The average Bonchev–Trinajstić information content (AvgIpc) is 3.20. The minimum absolute atomic E-state index is 0.141. The maximum atomic E-state index is 12.6. The predicted molar refractivity (Wildman–Crippen MR) is 126 cm³/mol. The molecule has 0 saturated carbocycles. The van der Waals surface area contributed by atoms with E-state index in [0.717, 1.165) is 48.7 Å². The molecule has 1 aromatic heterocycles. The molecule has 0 spiro atoms. The molecule has 1 saturated heterocycles. The van der Waals surface area contributed by atoms with Crippen molar-refractivity contribution in [2.24, 2.45) is 5.10 Å². The Kier molecular flexibility index (Phi) is 5.97. The van der Waals surface area contributed by atoms with Crippen LogP contribution in [0.4, 0.5) is 5.82 Å². The van der Waals surface area contributed by atoms with Crippen LogP contribution in [0.3, 0.4) is 0 Å². The summed E-state index contributed by atoms with van der Waals surface area (Å²) in [5.41, 5.74) is 5.35. The van der Waals surface area contributed by atoms with Gasteiger partial charge in [0.25, 0.3) is 5.91 Å². The summed E-state index contributed by atoms with van der Waals surface area (Å²) in [6, 6.07) is 17.4. The van der Waals surface area contributed by atoms with Crippen LogP contribution in [0.25, 0.3) is 5.69 Å². The maximum Gasteiger partial charge on any atom is 0.284 e. The van der Waals surface area contributed by atoms with Gasteiger partial charge < -0.3 is 14.4 Å². The third-order valence-corrected chi connectivity index (χ3v) is 5.91. The third-order valence-electron chi connectivity index (χ3n) is 5.91. The van der Waals surface area contributed by atoms with Crippen LogP contribution >= 0.6 is 0 Å². The Bertz CT molecular complexity index is 1150. The van der Waals surface area contributed by atoms with Crippen molar-refractivity contribution in [3.8, 4) is 17.2 Å². The number of rotatable bonds is 5. The highest BCUT2D eigenvalue weighted by Crippen LogP contribution is 2.31. The number of amides is 1. The molecule has 33 heavy (non-hydrogen) atoms. The van der Waals surface area contributed by atoms with Gasteiger partial charge in [-0.1, -0.05) is 30.3 Å². The number of hydrazone groups is 1. The van der Waals surface area contributed by atoms with Crippen LogP contribution in [0.5, 0.6) is 11.5 Å². The zero-order valence-corrected chi connectivity index (χ0v) is 18.6. The van der Waals surface area contributed by atoms with Crippen LogP contribution in [-0.4, -0.2) is 47.7 Å². The fraction of sp³-hybridized carbons (Fsp3) is 0.320. The van der Waals surface area contributed by atoms with Crippen LogP contribution in [0.1, 0.15) is 30.5 Å². The van der Waals surface area contributed by atoms with E-state index in [-0.39, 0.29) is 12.5 Å². The van der Waals surface area contributed by atoms with Crippen LogP contribution in [0.2, 0.25) is 0 Å². The summed E-state index contributed by atoms with van der Waals surface area (Å²) >= 11 is 0. The van der Waals surface area contributed by atoms with Gasteiger partial charge in [0.2, 0.25) is 6.10 Å². The second kappa shape index (κ2) is 9.36. The molecule has 8 nitrogen and oxygen atoms in total. The van der Waals surface area contributed by atoms with Crippen molar-refractivity contribution in [3.63, 3.8) is 0 Å². The molecular weight excluding hydrogens is 418 g/mol. The third kappa shape index (κ3) is 4.41. The number of fused-ring (bicyclic) bond motifs is 1. The van der Waals surface area contributed by atoms with Gasteiger partial charge in [-0.3, -0.25) is 4.79 Å². The minimum Gasteiger partial charge on any atom is -0.485 e.